The molecular weight excluding hydrogens is 334 g/mol. The smallest absolute Gasteiger partial charge is 0.294 e. The fourth-order valence-electron chi connectivity index (χ4n) is 4.04. The third-order valence-corrected chi connectivity index (χ3v) is 5.25. The molecule has 136 valence electrons. The molecule has 8 nitrogen and oxygen atoms in total. The minimum atomic E-state index is -0.0906. The summed E-state index contributed by atoms with van der Waals surface area (Å²) in [7, 11) is 0. The number of aliphatic hydroxyl groups excluding tert-OH is 1. The molecule has 4 aliphatic rings. The summed E-state index contributed by atoms with van der Waals surface area (Å²) in [6.45, 7) is 4.51. The van der Waals surface area contributed by atoms with E-state index in [1.807, 2.05) is 4.68 Å². The Morgan fingerprint density at radius 1 is 1.08 bits per heavy atom. The van der Waals surface area contributed by atoms with Crippen LogP contribution in [0.3, 0.4) is 0 Å². The number of aliphatic hydroxyl groups is 1. The zero-order valence-electron chi connectivity index (χ0n) is 14.5. The fourth-order valence-corrected chi connectivity index (χ4v) is 4.04. The molecule has 1 aliphatic carbocycles. The summed E-state index contributed by atoms with van der Waals surface area (Å²) < 4.78 is 9.44. The second-order valence-corrected chi connectivity index (χ2v) is 6.92. The molecule has 1 fully saturated rings. The van der Waals surface area contributed by atoms with Crippen LogP contribution in [0, 0.1) is 0 Å². The van der Waals surface area contributed by atoms with Crippen molar-refractivity contribution in [1.82, 2.24) is 9.36 Å². The molecule has 0 radical (unpaired) electrons. The zero-order chi connectivity index (χ0) is 17.7. The van der Waals surface area contributed by atoms with Crippen LogP contribution in [-0.4, -0.2) is 52.1 Å². The molecule has 1 aromatic heterocycles. The van der Waals surface area contributed by atoms with Crippen LogP contribution >= 0.6 is 0 Å². The molecule has 1 aromatic rings. The zero-order valence-corrected chi connectivity index (χ0v) is 14.5. The number of aliphatic imine (C=N–C) groups is 2. The number of anilines is 1. The molecule has 0 spiro atoms. The van der Waals surface area contributed by atoms with Gasteiger partial charge in [0.05, 0.1) is 6.54 Å². The summed E-state index contributed by atoms with van der Waals surface area (Å²) >= 11 is 0. The lowest BCUT2D eigenvalue weighted by atomic mass is 10.1. The number of hydrogen-bond donors (Lipinski definition) is 1. The minimum Gasteiger partial charge on any atom is -0.506 e. The van der Waals surface area contributed by atoms with Gasteiger partial charge in [0.15, 0.2) is 11.5 Å². The van der Waals surface area contributed by atoms with Crippen LogP contribution in [0.15, 0.2) is 38.4 Å². The summed E-state index contributed by atoms with van der Waals surface area (Å²) in [5.41, 5.74) is 1.30. The van der Waals surface area contributed by atoms with Crippen molar-refractivity contribution in [2.45, 2.75) is 32.4 Å². The second-order valence-electron chi connectivity index (χ2n) is 6.92. The molecule has 8 heteroatoms. The van der Waals surface area contributed by atoms with E-state index in [2.05, 4.69) is 14.9 Å². The molecule has 1 saturated heterocycles. The molecule has 3 aliphatic heterocycles. The van der Waals surface area contributed by atoms with E-state index in [9.17, 15) is 9.90 Å². The lowest BCUT2D eigenvalue weighted by molar-refractivity contribution is 0.232. The normalized spacial score (nSPS) is 23.3. The summed E-state index contributed by atoms with van der Waals surface area (Å²) in [4.78, 5) is 24.1. The molecule has 1 N–H and O–H groups in total. The predicted molar refractivity (Wildman–Crippen MR) is 98.9 cm³/mol. The van der Waals surface area contributed by atoms with E-state index in [0.717, 1.165) is 44.7 Å². The van der Waals surface area contributed by atoms with Gasteiger partial charge in [-0.3, -0.25) is 14.5 Å². The highest BCUT2D eigenvalue weighted by Gasteiger charge is 2.29. The number of fused-ring (bicyclic) bond motifs is 2. The Labute approximate surface area is 150 Å². The minimum absolute atomic E-state index is 0.0149. The van der Waals surface area contributed by atoms with Crippen molar-refractivity contribution in [3.63, 3.8) is 0 Å². The van der Waals surface area contributed by atoms with Crippen molar-refractivity contribution in [2.75, 3.05) is 31.1 Å². The molecule has 0 amide bonds. The first kappa shape index (κ1) is 15.5. The molecule has 0 saturated carbocycles. The first-order chi connectivity index (χ1) is 12.7. The Hall–Kier alpha value is -2.77. The number of aromatic nitrogens is 2. The molecule has 5 rings (SSSR count). The number of hydrogen-bond acceptors (Lipinski definition) is 6. The van der Waals surface area contributed by atoms with E-state index in [4.69, 9.17) is 4.74 Å². The number of rotatable bonds is 2. The van der Waals surface area contributed by atoms with E-state index in [1.54, 1.807) is 16.8 Å². The number of nitrogens with zero attached hydrogens (tertiary/aromatic N) is 5. The van der Waals surface area contributed by atoms with Crippen LogP contribution in [0.4, 0.5) is 11.5 Å². The monoisotopic (exact) mass is 355 g/mol. The Balaban J connectivity index is 1.64. The van der Waals surface area contributed by atoms with Crippen molar-refractivity contribution < 1.29 is 9.84 Å². The Kier molecular flexibility index (Phi) is 3.51. The summed E-state index contributed by atoms with van der Waals surface area (Å²) in [5.74, 6) is 1.50. The van der Waals surface area contributed by atoms with Crippen molar-refractivity contribution in [3.8, 4) is 0 Å². The van der Waals surface area contributed by atoms with Crippen molar-refractivity contribution in [3.05, 3.63) is 34.0 Å². The summed E-state index contributed by atoms with van der Waals surface area (Å²) in [6, 6.07) is 0. The predicted octanol–water partition coefficient (Wildman–Crippen LogP) is 1.54. The van der Waals surface area contributed by atoms with Gasteiger partial charge in [-0.15, -0.1) is 0 Å². The van der Waals surface area contributed by atoms with E-state index in [0.29, 0.717) is 42.6 Å². The van der Waals surface area contributed by atoms with Gasteiger partial charge in [0.1, 0.15) is 29.5 Å². The Bertz CT molecular complexity index is 941. The van der Waals surface area contributed by atoms with Crippen molar-refractivity contribution >= 4 is 22.9 Å². The highest BCUT2D eigenvalue weighted by atomic mass is 16.5. The first-order valence-corrected chi connectivity index (χ1v) is 9.20. The molecule has 0 bridgehead atoms. The summed E-state index contributed by atoms with van der Waals surface area (Å²) in [5, 5.41) is 10.4. The van der Waals surface area contributed by atoms with Gasteiger partial charge < -0.3 is 14.7 Å². The Morgan fingerprint density at radius 2 is 1.88 bits per heavy atom. The highest BCUT2D eigenvalue weighted by Crippen LogP contribution is 2.32. The fraction of sp³-hybridized carbons (Fsp3) is 0.500. The lowest BCUT2D eigenvalue weighted by Crippen LogP contribution is -2.22. The van der Waals surface area contributed by atoms with Gasteiger partial charge in [0.2, 0.25) is 0 Å². The van der Waals surface area contributed by atoms with Crippen LogP contribution in [0.25, 0.3) is 0 Å². The maximum absolute atomic E-state index is 12.9. The quantitative estimate of drug-likeness (QED) is 0.816. The maximum atomic E-state index is 12.9. The lowest BCUT2D eigenvalue weighted by Gasteiger charge is -2.20. The molecule has 0 aromatic carbocycles. The van der Waals surface area contributed by atoms with Gasteiger partial charge >= 0.3 is 0 Å². The standard InChI is InChI=1S/C18H21N5O3/c24-14-10-13-15(26-9-4-19-13)11-12(14)20-16-17(21-5-1-2-6-21)22-7-3-8-23(22)18(16)25/h10-11,24H,1-9H2/b20-12+. The first-order valence-electron chi connectivity index (χ1n) is 9.20. The van der Waals surface area contributed by atoms with E-state index >= 15 is 0 Å². The van der Waals surface area contributed by atoms with Crippen LogP contribution in [0.1, 0.15) is 19.3 Å². The number of ether oxygens (including phenoxy) is 1. The molecule has 0 atom stereocenters. The van der Waals surface area contributed by atoms with Gasteiger partial charge in [-0.05, 0) is 19.3 Å². The van der Waals surface area contributed by atoms with Crippen molar-refractivity contribution in [1.29, 1.82) is 0 Å². The topological polar surface area (TPSA) is 84.3 Å². The van der Waals surface area contributed by atoms with Gasteiger partial charge in [-0.25, -0.2) is 9.67 Å². The van der Waals surface area contributed by atoms with Crippen molar-refractivity contribution in [2.24, 2.45) is 9.98 Å². The van der Waals surface area contributed by atoms with E-state index < -0.39 is 0 Å². The number of allylic oxidation sites excluding steroid dienone is 2. The molecule has 0 unspecified atom stereocenters. The van der Waals surface area contributed by atoms with Crippen LogP contribution in [0.2, 0.25) is 0 Å². The SMILES string of the molecule is O=c1c(/N=C2\C=C3OCCN=C3C=C2O)c(N2CCCC2)n2n1CCC2. The van der Waals surface area contributed by atoms with Gasteiger partial charge in [0, 0.05) is 38.3 Å². The second kappa shape index (κ2) is 5.89. The van der Waals surface area contributed by atoms with Gasteiger partial charge in [-0.1, -0.05) is 0 Å². The van der Waals surface area contributed by atoms with Crippen LogP contribution < -0.4 is 10.5 Å². The highest BCUT2D eigenvalue weighted by molar-refractivity contribution is 6.22. The molecule has 26 heavy (non-hydrogen) atoms. The molecule has 4 heterocycles. The van der Waals surface area contributed by atoms with E-state index in [1.165, 1.54) is 0 Å². The average Bonchev–Trinajstić information content (AvgIpc) is 3.36. The average molecular weight is 355 g/mol. The molecular formula is C18H21N5O3. The largest absolute Gasteiger partial charge is 0.506 e. The third kappa shape index (κ3) is 2.32. The van der Waals surface area contributed by atoms with Crippen LogP contribution in [-0.2, 0) is 17.8 Å². The van der Waals surface area contributed by atoms with E-state index in [-0.39, 0.29) is 11.3 Å². The maximum Gasteiger partial charge on any atom is 0.294 e. The summed E-state index contributed by atoms with van der Waals surface area (Å²) in [6.07, 6.45) is 6.45. The van der Waals surface area contributed by atoms with Gasteiger partial charge in [-0.2, -0.15) is 0 Å². The van der Waals surface area contributed by atoms with Gasteiger partial charge in [0.25, 0.3) is 5.56 Å². The Morgan fingerprint density at radius 3 is 2.73 bits per heavy atom. The third-order valence-electron chi connectivity index (χ3n) is 5.25. The van der Waals surface area contributed by atoms with Crippen LogP contribution in [0.5, 0.6) is 0 Å².